The van der Waals surface area contributed by atoms with Crippen LogP contribution in [0.1, 0.15) is 75.2 Å². The SMILES string of the molecule is CC[C@@H](C)O[C@H]1C=C(C(=O)OC)C[C@H](N=C(NC(=O)OC(C)(C)C)NC(=O)OC(C)(C)C)[C@H]1NC(C)=O. The van der Waals surface area contributed by atoms with Crippen LogP contribution in [0, 0.1) is 0 Å². The Bertz CT molecular complexity index is 869. The van der Waals surface area contributed by atoms with Gasteiger partial charge in [0.15, 0.2) is 0 Å². The maximum Gasteiger partial charge on any atom is 0.414 e. The van der Waals surface area contributed by atoms with E-state index in [1.165, 1.54) is 14.0 Å². The molecule has 0 aromatic rings. The number of hydrogen-bond acceptors (Lipinski definition) is 9. The van der Waals surface area contributed by atoms with Crippen molar-refractivity contribution in [1.82, 2.24) is 16.0 Å². The number of guanidine groups is 1. The summed E-state index contributed by atoms with van der Waals surface area (Å²) in [7, 11) is 1.26. The van der Waals surface area contributed by atoms with Gasteiger partial charge in [-0.1, -0.05) is 6.92 Å². The molecule has 0 bridgehead atoms. The molecular formula is C25H42N4O8. The van der Waals surface area contributed by atoms with Crippen LogP contribution in [-0.2, 0) is 28.5 Å². The lowest BCUT2D eigenvalue weighted by atomic mass is 9.88. The van der Waals surface area contributed by atoms with Gasteiger partial charge in [0.25, 0.3) is 0 Å². The summed E-state index contributed by atoms with van der Waals surface area (Å²) >= 11 is 0. The first kappa shape index (κ1) is 31.9. The van der Waals surface area contributed by atoms with Crippen LogP contribution in [0.4, 0.5) is 9.59 Å². The van der Waals surface area contributed by atoms with E-state index >= 15 is 0 Å². The summed E-state index contributed by atoms with van der Waals surface area (Å²) in [6.07, 6.45) is -0.348. The van der Waals surface area contributed by atoms with Crippen LogP contribution in [-0.4, -0.2) is 72.6 Å². The molecule has 3 N–H and O–H groups in total. The monoisotopic (exact) mass is 526 g/mol. The summed E-state index contributed by atoms with van der Waals surface area (Å²) in [5.41, 5.74) is -1.36. The van der Waals surface area contributed by atoms with E-state index in [0.717, 1.165) is 0 Å². The number of nitrogens with zero attached hydrogens (tertiary/aromatic N) is 1. The topological polar surface area (TPSA) is 154 Å². The normalized spacial score (nSPS) is 20.5. The molecule has 0 aliphatic heterocycles. The molecule has 12 nitrogen and oxygen atoms in total. The van der Waals surface area contributed by atoms with Crippen LogP contribution in [0.5, 0.6) is 0 Å². The smallest absolute Gasteiger partial charge is 0.414 e. The van der Waals surface area contributed by atoms with Gasteiger partial charge >= 0.3 is 18.2 Å². The highest BCUT2D eigenvalue weighted by atomic mass is 16.6. The molecule has 12 heteroatoms. The predicted octanol–water partition coefficient (Wildman–Crippen LogP) is 2.95. The molecule has 1 aliphatic rings. The third kappa shape index (κ3) is 12.1. The van der Waals surface area contributed by atoms with E-state index in [9.17, 15) is 19.2 Å². The molecule has 0 radical (unpaired) electrons. The number of esters is 1. The molecule has 0 saturated carbocycles. The number of ether oxygens (including phenoxy) is 4. The lowest BCUT2D eigenvalue weighted by molar-refractivity contribution is -0.136. The van der Waals surface area contributed by atoms with Gasteiger partial charge in [-0.3, -0.25) is 15.4 Å². The van der Waals surface area contributed by atoms with E-state index in [-0.39, 0.29) is 30.0 Å². The molecule has 210 valence electrons. The average molecular weight is 527 g/mol. The summed E-state index contributed by atoms with van der Waals surface area (Å²) in [6.45, 7) is 15.3. The third-order valence-corrected chi connectivity index (χ3v) is 4.88. The van der Waals surface area contributed by atoms with E-state index < -0.39 is 47.5 Å². The largest absolute Gasteiger partial charge is 0.466 e. The van der Waals surface area contributed by atoms with Crippen LogP contribution in [0.25, 0.3) is 0 Å². The van der Waals surface area contributed by atoms with Gasteiger partial charge in [-0.15, -0.1) is 0 Å². The number of aliphatic imine (C=N–C) groups is 1. The van der Waals surface area contributed by atoms with E-state index in [2.05, 4.69) is 20.9 Å². The zero-order valence-corrected chi connectivity index (χ0v) is 23.5. The minimum Gasteiger partial charge on any atom is -0.466 e. The highest BCUT2D eigenvalue weighted by molar-refractivity contribution is 6.01. The molecule has 0 heterocycles. The Labute approximate surface area is 218 Å². The molecular weight excluding hydrogens is 484 g/mol. The number of carbonyl (C=O) groups excluding carboxylic acids is 4. The first-order chi connectivity index (χ1) is 16.9. The Morgan fingerprint density at radius 3 is 1.95 bits per heavy atom. The van der Waals surface area contributed by atoms with Gasteiger partial charge in [0, 0.05) is 18.9 Å². The minimum absolute atomic E-state index is 0.0352. The summed E-state index contributed by atoms with van der Waals surface area (Å²) < 4.78 is 21.6. The number of rotatable bonds is 6. The van der Waals surface area contributed by atoms with Crippen molar-refractivity contribution in [3.05, 3.63) is 11.6 Å². The minimum atomic E-state index is -0.870. The van der Waals surface area contributed by atoms with Gasteiger partial charge < -0.3 is 24.3 Å². The van der Waals surface area contributed by atoms with Gasteiger partial charge in [-0.05, 0) is 61.0 Å². The van der Waals surface area contributed by atoms with Crippen molar-refractivity contribution in [2.24, 2.45) is 4.99 Å². The molecule has 4 atom stereocenters. The Balaban J connectivity index is 3.50. The summed E-state index contributed by atoms with van der Waals surface area (Å²) in [5, 5.41) is 7.67. The zero-order valence-electron chi connectivity index (χ0n) is 23.5. The first-order valence-corrected chi connectivity index (χ1v) is 12.2. The number of amides is 3. The molecule has 37 heavy (non-hydrogen) atoms. The van der Waals surface area contributed by atoms with Crippen molar-refractivity contribution >= 4 is 30.0 Å². The highest BCUT2D eigenvalue weighted by Gasteiger charge is 2.38. The Kier molecular flexibility index (Phi) is 11.6. The fraction of sp³-hybridized carbons (Fsp3) is 0.720. The lowest BCUT2D eigenvalue weighted by Gasteiger charge is -2.36. The Morgan fingerprint density at radius 1 is 1.03 bits per heavy atom. The van der Waals surface area contributed by atoms with Gasteiger partial charge in [-0.2, -0.15) is 0 Å². The molecule has 0 saturated heterocycles. The summed E-state index contributed by atoms with van der Waals surface area (Å²) in [4.78, 5) is 54.1. The van der Waals surface area contributed by atoms with Gasteiger partial charge in [0.05, 0.1) is 31.4 Å². The van der Waals surface area contributed by atoms with Crippen molar-refractivity contribution in [3.8, 4) is 0 Å². The number of nitrogens with one attached hydrogen (secondary N) is 3. The maximum atomic E-state index is 12.5. The van der Waals surface area contributed by atoms with E-state index in [4.69, 9.17) is 18.9 Å². The van der Waals surface area contributed by atoms with Crippen LogP contribution in [0.2, 0.25) is 0 Å². The molecule has 0 aromatic heterocycles. The number of hydrogen-bond donors (Lipinski definition) is 3. The quantitative estimate of drug-likeness (QED) is 0.207. The lowest BCUT2D eigenvalue weighted by Crippen LogP contribution is -2.55. The van der Waals surface area contributed by atoms with E-state index in [1.54, 1.807) is 47.6 Å². The fourth-order valence-electron chi connectivity index (χ4n) is 3.31. The van der Waals surface area contributed by atoms with Crippen molar-refractivity contribution in [3.63, 3.8) is 0 Å². The average Bonchev–Trinajstić information content (AvgIpc) is 2.71. The van der Waals surface area contributed by atoms with Crippen LogP contribution >= 0.6 is 0 Å². The van der Waals surface area contributed by atoms with E-state index in [0.29, 0.717) is 6.42 Å². The number of carbonyl (C=O) groups is 4. The van der Waals surface area contributed by atoms with Gasteiger partial charge in [0.1, 0.15) is 11.2 Å². The second kappa shape index (κ2) is 13.4. The van der Waals surface area contributed by atoms with Crippen molar-refractivity contribution in [1.29, 1.82) is 0 Å². The second-order valence-electron chi connectivity index (χ2n) is 10.7. The molecule has 1 aliphatic carbocycles. The van der Waals surface area contributed by atoms with Gasteiger partial charge in [0.2, 0.25) is 11.9 Å². The zero-order chi connectivity index (χ0) is 28.6. The molecule has 3 amide bonds. The fourth-order valence-corrected chi connectivity index (χ4v) is 3.31. The molecule has 1 rings (SSSR count). The van der Waals surface area contributed by atoms with Crippen LogP contribution in [0.15, 0.2) is 16.6 Å². The van der Waals surface area contributed by atoms with Gasteiger partial charge in [-0.25, -0.2) is 19.4 Å². The highest BCUT2D eigenvalue weighted by Crippen LogP contribution is 2.26. The first-order valence-electron chi connectivity index (χ1n) is 12.2. The van der Waals surface area contributed by atoms with E-state index in [1.807, 2.05) is 13.8 Å². The second-order valence-corrected chi connectivity index (χ2v) is 10.7. The third-order valence-electron chi connectivity index (χ3n) is 4.88. The van der Waals surface area contributed by atoms with Crippen molar-refractivity contribution in [2.45, 2.75) is 111 Å². The molecule has 0 fully saturated rings. The van der Waals surface area contributed by atoms with Crippen molar-refractivity contribution < 1.29 is 38.1 Å². The Morgan fingerprint density at radius 2 is 1.54 bits per heavy atom. The van der Waals surface area contributed by atoms with Crippen LogP contribution in [0.3, 0.4) is 0 Å². The number of methoxy groups -OCH3 is 1. The summed E-state index contributed by atoms with van der Waals surface area (Å²) in [5.74, 6) is -1.21. The number of alkyl carbamates (subject to hydrolysis) is 2. The predicted molar refractivity (Wildman–Crippen MR) is 137 cm³/mol. The summed E-state index contributed by atoms with van der Waals surface area (Å²) in [6, 6.07) is -1.56. The maximum absolute atomic E-state index is 12.5. The Hall–Kier alpha value is -3.15. The molecule has 0 unspecified atom stereocenters. The molecule has 0 aromatic carbocycles. The van der Waals surface area contributed by atoms with Crippen molar-refractivity contribution in [2.75, 3.05) is 7.11 Å². The molecule has 0 spiro atoms. The standard InChI is InChI=1S/C25H42N4O8/c1-11-14(2)35-18-13-16(20(31)34-10)12-17(19(18)26-15(3)30)27-21(28-22(32)36-24(4,5)6)29-23(33)37-25(7,8)9/h13-14,17-19H,11-12H2,1-10H3,(H,26,30)(H2,27,28,29,32,33)/t14-,17+,18+,19-/m1/s1. The van der Waals surface area contributed by atoms with Crippen LogP contribution < -0.4 is 16.0 Å².